The Morgan fingerprint density at radius 2 is 1.82 bits per heavy atom. The van der Waals surface area contributed by atoms with Gasteiger partial charge in [-0.2, -0.15) is 8.75 Å². The van der Waals surface area contributed by atoms with Gasteiger partial charge in [0.05, 0.1) is 29.4 Å². The maximum Gasteiger partial charge on any atom is 0.328 e. The van der Waals surface area contributed by atoms with Gasteiger partial charge in [0.15, 0.2) is 0 Å². The molecule has 0 radical (unpaired) electrons. The van der Waals surface area contributed by atoms with Crippen molar-refractivity contribution in [1.82, 2.24) is 18.8 Å². The molecule has 268 valence electrons. The van der Waals surface area contributed by atoms with Crippen LogP contribution < -0.4 is 25.2 Å². The van der Waals surface area contributed by atoms with Gasteiger partial charge in [0.2, 0.25) is 5.96 Å². The summed E-state index contributed by atoms with van der Waals surface area (Å²) in [6, 6.07) is 4.88. The van der Waals surface area contributed by atoms with E-state index in [2.05, 4.69) is 28.5 Å². The fourth-order valence-electron chi connectivity index (χ4n) is 5.74. The molecular formula is C31H37N7O8S4. The number of hydrogen-bond donors (Lipinski definition) is 4. The first-order valence-electron chi connectivity index (χ1n) is 15.3. The molecule has 3 heterocycles. The predicted molar refractivity (Wildman–Crippen MR) is 191 cm³/mol. The number of sulfonamides is 2. The van der Waals surface area contributed by atoms with Crippen molar-refractivity contribution < 1.29 is 35.9 Å². The number of ether oxygens (including phenoxy) is 2. The van der Waals surface area contributed by atoms with Gasteiger partial charge in [0.25, 0.3) is 26.0 Å². The summed E-state index contributed by atoms with van der Waals surface area (Å²) in [6.07, 6.45) is 0.830. The molecule has 15 nitrogen and oxygen atoms in total. The minimum Gasteiger partial charge on any atom is -0.487 e. The van der Waals surface area contributed by atoms with Crippen LogP contribution in [0.3, 0.4) is 0 Å². The number of nitrogens with two attached hydrogens (primary N) is 1. The Morgan fingerprint density at radius 3 is 2.54 bits per heavy atom. The number of nitrogens with one attached hydrogen (secondary N) is 3. The van der Waals surface area contributed by atoms with Crippen LogP contribution >= 0.6 is 23.1 Å². The van der Waals surface area contributed by atoms with E-state index in [1.165, 1.54) is 24.6 Å². The number of nitrogens with zero attached hydrogens (tertiary/aromatic N) is 3. The molecule has 5 rings (SSSR count). The average Bonchev–Trinajstić information content (AvgIpc) is 3.78. The van der Waals surface area contributed by atoms with Gasteiger partial charge >= 0.3 is 5.97 Å². The van der Waals surface area contributed by atoms with Crippen molar-refractivity contribution >= 4 is 77.7 Å². The number of aliphatic imine (C=N–C) groups is 1. The Kier molecular flexibility index (Phi) is 10.4. The number of aromatic nitrogens is 2. The van der Waals surface area contributed by atoms with Gasteiger partial charge in [-0.1, -0.05) is 6.07 Å². The van der Waals surface area contributed by atoms with Crippen LogP contribution in [0.15, 0.2) is 44.4 Å². The SMILES string of the molecule is COC(=O)[C@H](CCCN=C(N)NS(=O)(=O)c1c(C)c(C)c2c(c1C)CC(C)(C)O2)NC(=O)c1sccc1NS(=O)(=O)c1cccc2nsnc12. The second kappa shape index (κ2) is 14.1. The highest BCUT2D eigenvalue weighted by atomic mass is 32.2. The third-order valence-corrected chi connectivity index (χ3v) is 12.7. The van der Waals surface area contributed by atoms with Gasteiger partial charge in [-0.25, -0.2) is 26.4 Å². The fraction of sp³-hybridized carbons (Fsp3) is 0.387. The normalized spacial score (nSPS) is 14.9. The average molecular weight is 764 g/mol. The van der Waals surface area contributed by atoms with Crippen molar-refractivity contribution in [3.63, 3.8) is 0 Å². The molecule has 0 aliphatic carbocycles. The first-order valence-corrected chi connectivity index (χ1v) is 19.9. The summed E-state index contributed by atoms with van der Waals surface area (Å²) < 4.78 is 77.3. The summed E-state index contributed by atoms with van der Waals surface area (Å²) in [5.74, 6) is -1.07. The molecule has 5 N–H and O–H groups in total. The van der Waals surface area contributed by atoms with Gasteiger partial charge in [0.1, 0.15) is 38.2 Å². The molecular weight excluding hydrogens is 727 g/mol. The van der Waals surface area contributed by atoms with Crippen LogP contribution in [0.1, 0.15) is 58.6 Å². The maximum atomic E-state index is 13.5. The molecule has 2 aromatic carbocycles. The molecule has 0 saturated heterocycles. The van der Waals surface area contributed by atoms with Gasteiger partial charge in [0, 0.05) is 18.5 Å². The summed E-state index contributed by atoms with van der Waals surface area (Å²) in [6.45, 7) is 9.19. The van der Waals surface area contributed by atoms with E-state index in [1.807, 2.05) is 20.8 Å². The van der Waals surface area contributed by atoms with Crippen LogP contribution in [0.5, 0.6) is 5.75 Å². The summed E-state index contributed by atoms with van der Waals surface area (Å²) in [7, 11) is -7.08. The van der Waals surface area contributed by atoms with Crippen molar-refractivity contribution in [3.8, 4) is 5.75 Å². The molecule has 4 aromatic rings. The van der Waals surface area contributed by atoms with Gasteiger partial charge < -0.3 is 20.5 Å². The largest absolute Gasteiger partial charge is 0.487 e. The molecule has 0 bridgehead atoms. The Labute approximate surface area is 298 Å². The molecule has 2 aromatic heterocycles. The van der Waals surface area contributed by atoms with E-state index in [4.69, 9.17) is 15.2 Å². The lowest BCUT2D eigenvalue weighted by atomic mass is 9.94. The standard InChI is InChI=1S/C31H37N7O8S4/c1-16-17(2)27(18(3)19-15-31(4,5)46-25(16)19)50(43,44)38-30(32)33-13-8-10-22(29(40)45-6)34-28(39)26-21(12-14-47-26)37-49(41,42)23-11-7-9-20-24(23)36-48-35-20/h7,9,11-12,14,22,37H,8,10,13,15H2,1-6H3,(H,34,39)(H3,32,33,38)/t22-/m0/s1. The van der Waals surface area contributed by atoms with E-state index in [1.54, 1.807) is 26.0 Å². The highest BCUT2D eigenvalue weighted by Crippen LogP contribution is 2.43. The number of carbonyl (C=O) groups is 2. The number of anilines is 1. The highest BCUT2D eigenvalue weighted by molar-refractivity contribution is 7.93. The molecule has 1 aliphatic rings. The first-order chi connectivity index (χ1) is 23.5. The van der Waals surface area contributed by atoms with Crippen LogP contribution in [0.4, 0.5) is 5.69 Å². The van der Waals surface area contributed by atoms with Crippen molar-refractivity contribution in [3.05, 3.63) is 56.8 Å². The second-order valence-corrected chi connectivity index (χ2v) is 17.0. The van der Waals surface area contributed by atoms with E-state index in [-0.39, 0.29) is 51.2 Å². The number of hydrogen-bond acceptors (Lipinski definition) is 13. The summed E-state index contributed by atoms with van der Waals surface area (Å²) in [4.78, 5) is 30.0. The third kappa shape index (κ3) is 7.54. The lowest BCUT2D eigenvalue weighted by Crippen LogP contribution is -2.41. The molecule has 19 heteroatoms. The van der Waals surface area contributed by atoms with Gasteiger partial charge in [-0.05, 0) is 87.7 Å². The quantitative estimate of drug-likeness (QED) is 0.0708. The zero-order valence-corrected chi connectivity index (χ0v) is 31.4. The zero-order valence-electron chi connectivity index (χ0n) is 28.1. The number of carbonyl (C=O) groups excluding carboxylic acids is 2. The van der Waals surface area contributed by atoms with Crippen molar-refractivity contribution in [2.24, 2.45) is 10.7 Å². The molecule has 1 aliphatic heterocycles. The van der Waals surface area contributed by atoms with E-state index in [9.17, 15) is 26.4 Å². The van der Waals surface area contributed by atoms with Crippen LogP contribution in [0.2, 0.25) is 0 Å². The molecule has 0 spiro atoms. The van der Waals surface area contributed by atoms with E-state index in [0.717, 1.165) is 34.2 Å². The van der Waals surface area contributed by atoms with E-state index in [0.29, 0.717) is 28.8 Å². The second-order valence-electron chi connectivity index (χ2n) is 12.3. The van der Waals surface area contributed by atoms with Crippen molar-refractivity contribution in [1.29, 1.82) is 0 Å². The Morgan fingerprint density at radius 1 is 1.08 bits per heavy atom. The number of guanidine groups is 1. The fourth-order valence-corrected chi connectivity index (χ4v) is 9.92. The minimum absolute atomic E-state index is 0.0150. The van der Waals surface area contributed by atoms with Crippen molar-refractivity contribution in [2.45, 2.75) is 75.3 Å². The molecule has 50 heavy (non-hydrogen) atoms. The monoisotopic (exact) mass is 763 g/mol. The van der Waals surface area contributed by atoms with Crippen LogP contribution in [-0.4, -0.2) is 68.7 Å². The first kappa shape index (κ1) is 36.9. The lowest BCUT2D eigenvalue weighted by molar-refractivity contribution is -0.143. The van der Waals surface area contributed by atoms with Crippen LogP contribution in [-0.2, 0) is 36.0 Å². The smallest absolute Gasteiger partial charge is 0.328 e. The number of thiophene rings is 1. The lowest BCUT2D eigenvalue weighted by Gasteiger charge is -2.19. The Bertz CT molecular complexity index is 2230. The number of fused-ring (bicyclic) bond motifs is 2. The third-order valence-electron chi connectivity index (χ3n) is 8.18. The van der Waals surface area contributed by atoms with E-state index < -0.39 is 43.6 Å². The molecule has 0 unspecified atom stereocenters. The number of esters is 1. The van der Waals surface area contributed by atoms with Crippen LogP contribution in [0.25, 0.3) is 11.0 Å². The van der Waals surface area contributed by atoms with Gasteiger partial charge in [-0.3, -0.25) is 14.5 Å². The Balaban J connectivity index is 1.23. The van der Waals surface area contributed by atoms with E-state index >= 15 is 0 Å². The molecule has 0 saturated carbocycles. The predicted octanol–water partition coefficient (Wildman–Crippen LogP) is 3.54. The highest BCUT2D eigenvalue weighted by Gasteiger charge is 2.37. The minimum atomic E-state index is -4.15. The van der Waals surface area contributed by atoms with Crippen LogP contribution in [0, 0.1) is 20.8 Å². The summed E-state index contributed by atoms with van der Waals surface area (Å²) in [5.41, 5.74) is 8.87. The number of amides is 1. The summed E-state index contributed by atoms with van der Waals surface area (Å²) >= 11 is 1.86. The molecule has 1 amide bonds. The van der Waals surface area contributed by atoms with Gasteiger partial charge in [-0.15, -0.1) is 11.3 Å². The number of methoxy groups -OCH3 is 1. The zero-order chi connectivity index (χ0) is 36.6. The topological polar surface area (TPSA) is 221 Å². The molecule has 1 atom stereocenters. The van der Waals surface area contributed by atoms with Crippen molar-refractivity contribution in [2.75, 3.05) is 18.4 Å². The maximum absolute atomic E-state index is 13.5. The summed E-state index contributed by atoms with van der Waals surface area (Å²) in [5, 5.41) is 4.13. The Hall–Kier alpha value is -4.33. The number of benzene rings is 2. The molecule has 0 fully saturated rings. The number of rotatable bonds is 12.